The minimum absolute atomic E-state index is 0.129. The largest absolute Gasteiger partial charge is 0.463 e. The molecule has 0 saturated heterocycles. The summed E-state index contributed by atoms with van der Waals surface area (Å²) >= 11 is 0. The van der Waals surface area contributed by atoms with E-state index >= 15 is 0 Å². The molecule has 35 heavy (non-hydrogen) atoms. The first-order chi connectivity index (χ1) is 16.9. The number of benzene rings is 1. The van der Waals surface area contributed by atoms with Crippen LogP contribution in [0.15, 0.2) is 47.1 Å². The quantitative estimate of drug-likeness (QED) is 0.548. The molecule has 1 saturated carbocycles. The van der Waals surface area contributed by atoms with Gasteiger partial charge in [0.15, 0.2) is 5.76 Å². The van der Waals surface area contributed by atoms with Gasteiger partial charge in [0.25, 0.3) is 5.91 Å². The molecule has 1 aromatic carbocycles. The minimum Gasteiger partial charge on any atom is -0.463 e. The number of hydrogen-bond donors (Lipinski definition) is 1. The van der Waals surface area contributed by atoms with E-state index in [0.717, 1.165) is 42.5 Å². The fraction of sp³-hybridized carbons (Fsp3) is 0.464. The molecular formula is C28H34N4O3. The molecule has 2 aromatic heterocycles. The van der Waals surface area contributed by atoms with Gasteiger partial charge in [0.05, 0.1) is 12.8 Å². The highest BCUT2D eigenvalue weighted by atomic mass is 16.3. The first-order valence-electron chi connectivity index (χ1n) is 12.7. The first kappa shape index (κ1) is 23.4. The van der Waals surface area contributed by atoms with Crippen LogP contribution in [0.3, 0.4) is 0 Å². The van der Waals surface area contributed by atoms with E-state index in [9.17, 15) is 9.59 Å². The van der Waals surface area contributed by atoms with E-state index in [1.807, 2.05) is 45.0 Å². The fourth-order valence-corrected chi connectivity index (χ4v) is 5.34. The number of nitrogens with zero attached hydrogens (tertiary/aromatic N) is 3. The van der Waals surface area contributed by atoms with Gasteiger partial charge in [-0.05, 0) is 69.0 Å². The van der Waals surface area contributed by atoms with Crippen molar-refractivity contribution in [1.29, 1.82) is 0 Å². The number of rotatable bonds is 4. The van der Waals surface area contributed by atoms with Crippen LogP contribution in [-0.4, -0.2) is 33.2 Å². The number of hydrogen-bond acceptors (Lipinski definition) is 4. The molecule has 0 radical (unpaired) electrons. The van der Waals surface area contributed by atoms with E-state index in [1.54, 1.807) is 28.0 Å². The predicted octanol–water partition coefficient (Wildman–Crippen LogP) is 5.41. The van der Waals surface area contributed by atoms with Gasteiger partial charge < -0.3 is 9.73 Å². The Balaban J connectivity index is 1.54. The van der Waals surface area contributed by atoms with Gasteiger partial charge in [-0.1, -0.05) is 38.2 Å². The van der Waals surface area contributed by atoms with Crippen LogP contribution < -0.4 is 10.2 Å². The van der Waals surface area contributed by atoms with Crippen LogP contribution in [0, 0.1) is 13.8 Å². The highest BCUT2D eigenvalue weighted by Crippen LogP contribution is 2.35. The average Bonchev–Trinajstić information content (AvgIpc) is 3.48. The molecule has 0 bridgehead atoms. The van der Waals surface area contributed by atoms with Gasteiger partial charge in [0, 0.05) is 17.8 Å². The van der Waals surface area contributed by atoms with Gasteiger partial charge in [-0.15, -0.1) is 0 Å². The van der Waals surface area contributed by atoms with Crippen LogP contribution in [-0.2, 0) is 11.3 Å². The lowest BCUT2D eigenvalue weighted by Crippen LogP contribution is -2.65. The monoisotopic (exact) mass is 474 g/mol. The molecule has 0 spiro atoms. The van der Waals surface area contributed by atoms with Crippen LogP contribution in [0.5, 0.6) is 0 Å². The van der Waals surface area contributed by atoms with Crippen molar-refractivity contribution in [1.82, 2.24) is 15.1 Å². The number of furan rings is 1. The third-order valence-electron chi connectivity index (χ3n) is 7.61. The van der Waals surface area contributed by atoms with Crippen LogP contribution in [0.25, 0.3) is 11.5 Å². The lowest BCUT2D eigenvalue weighted by atomic mass is 9.91. The van der Waals surface area contributed by atoms with Crippen molar-refractivity contribution in [3.05, 3.63) is 59.5 Å². The number of aromatic nitrogens is 2. The smallest absolute Gasteiger partial charge is 0.277 e. The Labute approximate surface area is 206 Å². The van der Waals surface area contributed by atoms with Gasteiger partial charge in [-0.2, -0.15) is 5.10 Å². The number of amides is 2. The second kappa shape index (κ2) is 9.36. The van der Waals surface area contributed by atoms with Crippen molar-refractivity contribution in [2.45, 2.75) is 83.8 Å². The highest BCUT2D eigenvalue weighted by Gasteiger charge is 2.49. The molecule has 7 nitrogen and oxygen atoms in total. The SMILES string of the molecule is Cc1ccc(N2C(=O)c3cc(-c4ccco4)nn3C[C@]2(C)C(=O)NC2CCCCCCC2)cc1C. The third kappa shape index (κ3) is 4.40. The Morgan fingerprint density at radius 3 is 2.49 bits per heavy atom. The lowest BCUT2D eigenvalue weighted by Gasteiger charge is -2.44. The molecule has 1 aliphatic carbocycles. The maximum absolute atomic E-state index is 14.0. The zero-order valence-corrected chi connectivity index (χ0v) is 20.8. The molecule has 3 heterocycles. The van der Waals surface area contributed by atoms with Gasteiger partial charge in [-0.3, -0.25) is 19.2 Å². The van der Waals surface area contributed by atoms with Crippen LogP contribution >= 0.6 is 0 Å². The fourth-order valence-electron chi connectivity index (χ4n) is 5.34. The van der Waals surface area contributed by atoms with Crippen LogP contribution in [0.1, 0.15) is 73.5 Å². The van der Waals surface area contributed by atoms with Crippen molar-refractivity contribution in [3.63, 3.8) is 0 Å². The minimum atomic E-state index is -1.12. The number of carbonyl (C=O) groups excluding carboxylic acids is 2. The summed E-state index contributed by atoms with van der Waals surface area (Å²) < 4.78 is 7.18. The van der Waals surface area contributed by atoms with Crippen molar-refractivity contribution in [2.75, 3.05) is 4.90 Å². The maximum atomic E-state index is 14.0. The molecule has 2 aliphatic rings. The summed E-state index contributed by atoms with van der Waals surface area (Å²) in [6, 6.07) is 11.4. The average molecular weight is 475 g/mol. The van der Waals surface area contributed by atoms with Gasteiger partial charge in [-0.25, -0.2) is 0 Å². The Bertz CT molecular complexity index is 1220. The maximum Gasteiger partial charge on any atom is 0.277 e. The molecular weight excluding hydrogens is 440 g/mol. The normalized spacial score (nSPS) is 21.3. The van der Waals surface area contributed by atoms with Crippen molar-refractivity contribution >= 4 is 17.5 Å². The summed E-state index contributed by atoms with van der Waals surface area (Å²) in [6.45, 7) is 6.19. The number of carbonyl (C=O) groups is 2. The van der Waals surface area contributed by atoms with E-state index < -0.39 is 5.54 Å². The second-order valence-electron chi connectivity index (χ2n) is 10.2. The lowest BCUT2D eigenvalue weighted by molar-refractivity contribution is -0.127. The number of aryl methyl sites for hydroxylation is 2. The molecule has 1 atom stereocenters. The molecule has 1 N–H and O–H groups in total. The van der Waals surface area contributed by atoms with Crippen molar-refractivity contribution < 1.29 is 14.0 Å². The third-order valence-corrected chi connectivity index (χ3v) is 7.61. The van der Waals surface area contributed by atoms with Crippen molar-refractivity contribution in [2.24, 2.45) is 0 Å². The first-order valence-corrected chi connectivity index (χ1v) is 12.7. The Morgan fingerprint density at radius 2 is 1.80 bits per heavy atom. The molecule has 184 valence electrons. The standard InChI is InChI=1S/C28H34N4O3/c1-19-13-14-22(16-20(19)2)32-26(33)24-17-23(25-12-9-15-35-25)30-31(24)18-28(32,3)27(34)29-21-10-7-5-4-6-8-11-21/h9,12-17,21H,4-8,10-11,18H2,1-3H3,(H,29,34)/t28-/m1/s1. The number of nitrogens with one attached hydrogen (secondary N) is 1. The van der Waals surface area contributed by atoms with Crippen molar-refractivity contribution in [3.8, 4) is 11.5 Å². The van der Waals surface area contributed by atoms with Crippen LogP contribution in [0.4, 0.5) is 5.69 Å². The molecule has 7 heteroatoms. The van der Waals surface area contributed by atoms with Gasteiger partial charge >= 0.3 is 0 Å². The Kier molecular flexibility index (Phi) is 6.26. The zero-order chi connectivity index (χ0) is 24.6. The summed E-state index contributed by atoms with van der Waals surface area (Å²) in [6.07, 6.45) is 9.49. The topological polar surface area (TPSA) is 80.4 Å². The summed E-state index contributed by atoms with van der Waals surface area (Å²) in [5, 5.41) is 7.97. The summed E-state index contributed by atoms with van der Waals surface area (Å²) in [5.74, 6) is 0.230. The Hall–Kier alpha value is -3.35. The number of anilines is 1. The van der Waals surface area contributed by atoms with Gasteiger partial charge in [0.2, 0.25) is 5.91 Å². The Morgan fingerprint density at radius 1 is 1.06 bits per heavy atom. The van der Waals surface area contributed by atoms with Gasteiger partial charge in [0.1, 0.15) is 16.9 Å². The van der Waals surface area contributed by atoms with E-state index in [2.05, 4.69) is 10.4 Å². The number of fused-ring (bicyclic) bond motifs is 1. The zero-order valence-electron chi connectivity index (χ0n) is 20.8. The molecule has 1 fully saturated rings. The highest BCUT2D eigenvalue weighted by molar-refractivity contribution is 6.12. The summed E-state index contributed by atoms with van der Waals surface area (Å²) in [5.41, 5.74) is 2.85. The predicted molar refractivity (Wildman–Crippen MR) is 135 cm³/mol. The molecule has 1 aliphatic heterocycles. The molecule has 3 aromatic rings. The summed E-state index contributed by atoms with van der Waals surface area (Å²) in [7, 11) is 0. The summed E-state index contributed by atoms with van der Waals surface area (Å²) in [4.78, 5) is 29.6. The van der Waals surface area contributed by atoms with E-state index in [0.29, 0.717) is 17.1 Å². The van der Waals surface area contributed by atoms with Crippen LogP contribution in [0.2, 0.25) is 0 Å². The van der Waals surface area contributed by atoms with E-state index in [4.69, 9.17) is 4.42 Å². The second-order valence-corrected chi connectivity index (χ2v) is 10.2. The molecule has 2 amide bonds. The van der Waals surface area contributed by atoms with E-state index in [1.165, 1.54) is 19.3 Å². The molecule has 5 rings (SSSR count). The van der Waals surface area contributed by atoms with E-state index in [-0.39, 0.29) is 24.4 Å². The molecule has 0 unspecified atom stereocenters.